The molecule has 4 heteroatoms. The molecule has 1 radical (unpaired) electrons. The minimum absolute atomic E-state index is 1.24. The first-order chi connectivity index (χ1) is 1.91. The van der Waals surface area contributed by atoms with Crippen LogP contribution in [0, 0.1) is 0 Å². The van der Waals surface area contributed by atoms with Crippen molar-refractivity contribution in [3.63, 3.8) is 0 Å². The highest BCUT2D eigenvalue weighted by Gasteiger charge is 1.60. The van der Waals surface area contributed by atoms with Crippen LogP contribution in [-0.2, 0) is 0 Å². The molecule has 0 aromatic heterocycles. The Morgan fingerprint density at radius 1 is 2.00 bits per heavy atom. The van der Waals surface area contributed by atoms with E-state index in [1.807, 2.05) is 0 Å². The van der Waals surface area contributed by atoms with Crippen LogP contribution >= 0.6 is 12.8 Å². The molecular weight excluding hydrogens is 70.9 g/mol. The number of rotatable bonds is 1. The van der Waals surface area contributed by atoms with Gasteiger partial charge in [0.05, 0.1) is 0 Å². The third-order valence-corrected chi connectivity index (χ3v) is 0.224. The number of hydrogen-bond acceptors (Lipinski definition) is 3. The van der Waals surface area contributed by atoms with E-state index in [9.17, 15) is 0 Å². The van der Waals surface area contributed by atoms with Gasteiger partial charge in [-0.05, 0) is 0 Å². The van der Waals surface area contributed by atoms with Crippen molar-refractivity contribution in [1.29, 1.82) is 0 Å². The van der Waals surface area contributed by atoms with Crippen molar-refractivity contribution in [2.75, 3.05) is 0 Å². The van der Waals surface area contributed by atoms with Crippen molar-refractivity contribution in [2.45, 2.75) is 0 Å². The minimum atomic E-state index is 1.24. The highest BCUT2D eigenvalue weighted by Crippen LogP contribution is 1.39. The monoisotopic (exact) mass is 75.0 g/mol. The van der Waals surface area contributed by atoms with Crippen molar-refractivity contribution < 1.29 is 0 Å². The second-order valence-corrected chi connectivity index (χ2v) is 0.554. The zero-order valence-corrected chi connectivity index (χ0v) is 3.00. The number of nitrogens with one attached hydrogen (secondary N) is 1. The van der Waals surface area contributed by atoms with Crippen molar-refractivity contribution >= 4 is 20.4 Å². The quantitative estimate of drug-likeness (QED) is 0.274. The maximum atomic E-state index is 4.72. The maximum absolute atomic E-state index is 4.72. The summed E-state index contributed by atoms with van der Waals surface area (Å²) in [5.41, 5.74) is 4.72. The molecule has 3 N–H and O–H groups in total. The predicted molar refractivity (Wildman–Crippen MR) is 22.1 cm³/mol. The normalized spacial score (nSPS) is 6.50. The van der Waals surface area contributed by atoms with Gasteiger partial charge in [-0.2, -0.15) is 0 Å². The summed E-state index contributed by atoms with van der Waals surface area (Å²) in [6.07, 6.45) is 0. The Labute approximate surface area is 31.6 Å². The molecule has 0 heterocycles. The molecule has 0 fully saturated rings. The van der Waals surface area contributed by atoms with Crippen molar-refractivity contribution in [3.05, 3.63) is 0 Å². The Kier molecular flexibility index (Phi) is 3.61. The zero-order valence-electron chi connectivity index (χ0n) is 2.10. The first-order valence-electron chi connectivity index (χ1n) is 0.846. The molecule has 0 bridgehead atoms. The summed E-state index contributed by atoms with van der Waals surface area (Å²) < 4.78 is 2.28. The van der Waals surface area contributed by atoms with E-state index in [-0.39, 0.29) is 0 Å². The summed E-state index contributed by atoms with van der Waals surface area (Å²) in [7, 11) is 1.24. The number of thiol groups is 1. The van der Waals surface area contributed by atoms with Gasteiger partial charge in [0, 0.05) is 0 Å². The highest BCUT2D eigenvalue weighted by atomic mass is 32.1. The standard InChI is InChI=1S/BH4N2S/c2-1-3-4/h3-4H,2H2. The van der Waals surface area contributed by atoms with E-state index < -0.39 is 0 Å². The van der Waals surface area contributed by atoms with Gasteiger partial charge in [0.15, 0.2) is 0 Å². The molecule has 0 aliphatic rings. The summed E-state index contributed by atoms with van der Waals surface area (Å²) >= 11 is 3.49. The van der Waals surface area contributed by atoms with E-state index >= 15 is 0 Å². The Bertz CT molecular complexity index is 8.00. The summed E-state index contributed by atoms with van der Waals surface area (Å²) in [6.45, 7) is 0. The fraction of sp³-hybridized carbons (Fsp3) is 0. The maximum Gasteiger partial charge on any atom is 0.314 e. The zero-order chi connectivity index (χ0) is 3.41. The first kappa shape index (κ1) is 4.33. The van der Waals surface area contributed by atoms with Crippen LogP contribution in [0.2, 0.25) is 0 Å². The average molecular weight is 74.9 g/mol. The lowest BCUT2D eigenvalue weighted by Gasteiger charge is -1.70. The molecular formula is H4BN2S. The molecule has 0 amide bonds. The fourth-order valence-electron chi connectivity index (χ4n) is 0. The number of hydrogen-bond donors (Lipinski definition) is 3. The smallest absolute Gasteiger partial charge is 0.314 e. The Morgan fingerprint density at radius 2 is 2.25 bits per heavy atom. The third kappa shape index (κ3) is 2.33. The molecule has 0 rings (SSSR count). The van der Waals surface area contributed by atoms with Crippen LogP contribution in [0.5, 0.6) is 0 Å². The molecule has 0 saturated heterocycles. The van der Waals surface area contributed by atoms with Gasteiger partial charge in [-0.3, -0.25) is 4.63 Å². The van der Waals surface area contributed by atoms with Crippen LogP contribution in [0.1, 0.15) is 0 Å². The first-order valence-corrected chi connectivity index (χ1v) is 1.29. The van der Waals surface area contributed by atoms with Gasteiger partial charge in [-0.1, -0.05) is 0 Å². The van der Waals surface area contributed by atoms with E-state index in [0.717, 1.165) is 0 Å². The van der Waals surface area contributed by atoms with Crippen LogP contribution in [-0.4, -0.2) is 7.55 Å². The van der Waals surface area contributed by atoms with E-state index in [2.05, 4.69) is 17.4 Å². The molecule has 0 aliphatic heterocycles. The Hall–Kier alpha value is 0.335. The predicted octanol–water partition coefficient (Wildman–Crippen LogP) is -1.09. The average Bonchev–Trinajstić information content (AvgIpc) is 1.37. The molecule has 2 nitrogen and oxygen atoms in total. The van der Waals surface area contributed by atoms with Crippen LogP contribution in [0.3, 0.4) is 0 Å². The topological polar surface area (TPSA) is 38.0 Å². The molecule has 4 heavy (non-hydrogen) atoms. The molecule has 0 aliphatic carbocycles. The second kappa shape index (κ2) is 3.33. The van der Waals surface area contributed by atoms with Crippen LogP contribution < -0.4 is 10.3 Å². The SMILES string of the molecule is N[B]NS. The lowest BCUT2D eigenvalue weighted by molar-refractivity contribution is 1.62. The third-order valence-electron chi connectivity index (χ3n) is 0.0745. The van der Waals surface area contributed by atoms with Crippen LogP contribution in [0.15, 0.2) is 0 Å². The minimum Gasteiger partial charge on any atom is -0.359 e. The summed E-state index contributed by atoms with van der Waals surface area (Å²) in [6, 6.07) is 0. The van der Waals surface area contributed by atoms with Crippen molar-refractivity contribution in [3.8, 4) is 0 Å². The van der Waals surface area contributed by atoms with Gasteiger partial charge < -0.3 is 5.64 Å². The van der Waals surface area contributed by atoms with Gasteiger partial charge >= 0.3 is 7.55 Å². The largest absolute Gasteiger partial charge is 0.359 e. The Morgan fingerprint density at radius 3 is 2.25 bits per heavy atom. The van der Waals surface area contributed by atoms with Crippen molar-refractivity contribution in [2.24, 2.45) is 5.64 Å². The fourth-order valence-corrected chi connectivity index (χ4v) is 0. The molecule has 0 saturated carbocycles. The summed E-state index contributed by atoms with van der Waals surface area (Å²) in [5, 5.41) is 0. The lowest BCUT2D eigenvalue weighted by atomic mass is 10.3. The molecule has 23 valence electrons. The lowest BCUT2D eigenvalue weighted by Crippen LogP contribution is -2.16. The molecule has 0 unspecified atom stereocenters. The van der Waals surface area contributed by atoms with E-state index in [4.69, 9.17) is 5.64 Å². The van der Waals surface area contributed by atoms with Gasteiger partial charge in [0.1, 0.15) is 0 Å². The Balaban J connectivity index is 1.97. The molecule has 0 spiro atoms. The van der Waals surface area contributed by atoms with Gasteiger partial charge in [-0.15, -0.1) is 12.8 Å². The van der Waals surface area contributed by atoms with E-state index in [1.54, 1.807) is 0 Å². The number of nitrogens with two attached hydrogens (primary N) is 1. The second-order valence-electron chi connectivity index (χ2n) is 0.296. The van der Waals surface area contributed by atoms with Crippen LogP contribution in [0.4, 0.5) is 0 Å². The van der Waals surface area contributed by atoms with E-state index in [1.165, 1.54) is 7.55 Å². The van der Waals surface area contributed by atoms with Gasteiger partial charge in [0.25, 0.3) is 0 Å². The summed E-state index contributed by atoms with van der Waals surface area (Å²) in [4.78, 5) is 0. The van der Waals surface area contributed by atoms with E-state index in [0.29, 0.717) is 0 Å². The molecule has 0 aromatic rings. The highest BCUT2D eigenvalue weighted by molar-refractivity contribution is 7.79. The molecule has 0 atom stereocenters. The van der Waals surface area contributed by atoms with Gasteiger partial charge in [0.2, 0.25) is 0 Å². The summed E-state index contributed by atoms with van der Waals surface area (Å²) in [5.74, 6) is 0. The van der Waals surface area contributed by atoms with Crippen LogP contribution in [0.25, 0.3) is 0 Å². The molecule has 0 aromatic carbocycles. The van der Waals surface area contributed by atoms with Crippen molar-refractivity contribution in [1.82, 2.24) is 4.63 Å². The van der Waals surface area contributed by atoms with Gasteiger partial charge in [-0.25, -0.2) is 0 Å².